The van der Waals surface area contributed by atoms with Gasteiger partial charge in [-0.05, 0) is 42.2 Å². The number of nitrogens with zero attached hydrogens (tertiary/aromatic N) is 1. The molecule has 0 aliphatic carbocycles. The lowest BCUT2D eigenvalue weighted by atomic mass is 10.0. The van der Waals surface area contributed by atoms with Crippen LogP contribution in [0, 0.1) is 0 Å². The molecule has 20 heavy (non-hydrogen) atoms. The zero-order chi connectivity index (χ0) is 13.9. The van der Waals surface area contributed by atoms with Crippen molar-refractivity contribution in [2.45, 2.75) is 12.8 Å². The first kappa shape index (κ1) is 13.2. The number of carbonyl (C=O) groups is 1. The SMILES string of the molecule is O=C(c1cccc(Cl)c1)N1CCc2ccccc2CC1. The largest absolute Gasteiger partial charge is 0.338 e. The maximum atomic E-state index is 12.5. The van der Waals surface area contributed by atoms with Crippen molar-refractivity contribution < 1.29 is 4.79 Å². The Bertz CT molecular complexity index is 611. The molecule has 3 heteroatoms. The van der Waals surface area contributed by atoms with E-state index in [-0.39, 0.29) is 5.91 Å². The first-order chi connectivity index (χ1) is 9.74. The van der Waals surface area contributed by atoms with E-state index in [4.69, 9.17) is 11.6 Å². The molecule has 1 heterocycles. The summed E-state index contributed by atoms with van der Waals surface area (Å²) in [6.07, 6.45) is 1.84. The molecule has 2 nitrogen and oxygen atoms in total. The van der Waals surface area contributed by atoms with Gasteiger partial charge in [0.05, 0.1) is 0 Å². The fourth-order valence-corrected chi connectivity index (χ4v) is 2.87. The Morgan fingerprint density at radius 2 is 1.60 bits per heavy atom. The number of halogens is 1. The summed E-state index contributed by atoms with van der Waals surface area (Å²) in [7, 11) is 0. The van der Waals surface area contributed by atoms with Crippen molar-refractivity contribution in [1.82, 2.24) is 4.90 Å². The Kier molecular flexibility index (Phi) is 3.75. The van der Waals surface area contributed by atoms with Gasteiger partial charge in [0.25, 0.3) is 5.91 Å². The number of rotatable bonds is 1. The lowest BCUT2D eigenvalue weighted by Gasteiger charge is -2.20. The number of carbonyl (C=O) groups excluding carboxylic acids is 1. The van der Waals surface area contributed by atoms with E-state index in [1.165, 1.54) is 11.1 Å². The molecule has 0 bridgehead atoms. The topological polar surface area (TPSA) is 20.3 Å². The minimum Gasteiger partial charge on any atom is -0.338 e. The smallest absolute Gasteiger partial charge is 0.253 e. The normalized spacial score (nSPS) is 14.6. The van der Waals surface area contributed by atoms with Gasteiger partial charge >= 0.3 is 0 Å². The van der Waals surface area contributed by atoms with Gasteiger partial charge in [-0.25, -0.2) is 0 Å². The molecule has 0 radical (unpaired) electrons. The zero-order valence-electron chi connectivity index (χ0n) is 11.2. The van der Waals surface area contributed by atoms with Gasteiger partial charge in [-0.2, -0.15) is 0 Å². The van der Waals surface area contributed by atoms with Crippen LogP contribution in [0.3, 0.4) is 0 Å². The molecule has 0 saturated heterocycles. The second-order valence-corrected chi connectivity index (χ2v) is 5.51. The summed E-state index contributed by atoms with van der Waals surface area (Å²) in [5.74, 6) is 0.0697. The Morgan fingerprint density at radius 1 is 0.950 bits per heavy atom. The molecule has 1 aliphatic rings. The zero-order valence-corrected chi connectivity index (χ0v) is 11.9. The van der Waals surface area contributed by atoms with Crippen molar-refractivity contribution in [3.05, 3.63) is 70.2 Å². The Labute approximate surface area is 124 Å². The van der Waals surface area contributed by atoms with Crippen LogP contribution in [0.25, 0.3) is 0 Å². The van der Waals surface area contributed by atoms with Crippen molar-refractivity contribution >= 4 is 17.5 Å². The van der Waals surface area contributed by atoms with Gasteiger partial charge in [0.2, 0.25) is 0 Å². The monoisotopic (exact) mass is 285 g/mol. The summed E-state index contributed by atoms with van der Waals surface area (Å²) >= 11 is 5.96. The quantitative estimate of drug-likeness (QED) is 0.784. The van der Waals surface area contributed by atoms with E-state index in [0.29, 0.717) is 10.6 Å². The summed E-state index contributed by atoms with van der Waals surface area (Å²) in [5.41, 5.74) is 3.38. The molecule has 102 valence electrons. The molecule has 0 aromatic heterocycles. The molecule has 0 spiro atoms. The molecule has 2 aromatic rings. The first-order valence-electron chi connectivity index (χ1n) is 6.85. The van der Waals surface area contributed by atoms with Crippen molar-refractivity contribution in [2.24, 2.45) is 0 Å². The van der Waals surface area contributed by atoms with E-state index in [1.807, 2.05) is 17.0 Å². The highest BCUT2D eigenvalue weighted by atomic mass is 35.5. The third-order valence-electron chi connectivity index (χ3n) is 3.78. The molecule has 0 N–H and O–H groups in total. The van der Waals surface area contributed by atoms with Crippen LogP contribution in [-0.4, -0.2) is 23.9 Å². The molecule has 0 fully saturated rings. The van der Waals surface area contributed by atoms with Crippen LogP contribution >= 0.6 is 11.6 Å². The molecule has 0 saturated carbocycles. The Hall–Kier alpha value is -1.80. The van der Waals surface area contributed by atoms with Crippen molar-refractivity contribution in [2.75, 3.05) is 13.1 Å². The average Bonchev–Trinajstić information content (AvgIpc) is 2.69. The van der Waals surface area contributed by atoms with Gasteiger partial charge in [-0.1, -0.05) is 41.9 Å². The van der Waals surface area contributed by atoms with Crippen LogP contribution in [0.5, 0.6) is 0 Å². The molecule has 0 atom stereocenters. The third-order valence-corrected chi connectivity index (χ3v) is 4.01. The van der Waals surface area contributed by atoms with Crippen molar-refractivity contribution in [3.8, 4) is 0 Å². The number of fused-ring (bicyclic) bond motifs is 1. The maximum Gasteiger partial charge on any atom is 0.253 e. The predicted octanol–water partition coefficient (Wildman–Crippen LogP) is 3.58. The van der Waals surface area contributed by atoms with Gasteiger partial charge in [0, 0.05) is 23.7 Å². The molecular formula is C17H16ClNO. The minimum atomic E-state index is 0.0697. The molecule has 2 aromatic carbocycles. The van der Waals surface area contributed by atoms with E-state index in [0.717, 1.165) is 25.9 Å². The van der Waals surface area contributed by atoms with Crippen LogP contribution in [0.2, 0.25) is 5.02 Å². The second-order valence-electron chi connectivity index (χ2n) is 5.07. The van der Waals surface area contributed by atoms with E-state index in [2.05, 4.69) is 24.3 Å². The maximum absolute atomic E-state index is 12.5. The third kappa shape index (κ3) is 2.70. The van der Waals surface area contributed by atoms with Gasteiger partial charge in [-0.15, -0.1) is 0 Å². The molecule has 1 aliphatic heterocycles. The summed E-state index contributed by atoms with van der Waals surface area (Å²) in [6, 6.07) is 15.6. The summed E-state index contributed by atoms with van der Waals surface area (Å²) in [4.78, 5) is 14.4. The van der Waals surface area contributed by atoms with Crippen molar-refractivity contribution in [3.63, 3.8) is 0 Å². The molecule has 0 unspecified atom stereocenters. The highest BCUT2D eigenvalue weighted by Gasteiger charge is 2.19. The standard InChI is InChI=1S/C17H16ClNO/c18-16-7-3-6-15(12-16)17(20)19-10-8-13-4-1-2-5-14(13)9-11-19/h1-7,12H,8-11H2. The lowest BCUT2D eigenvalue weighted by molar-refractivity contribution is 0.0763. The van der Waals surface area contributed by atoms with Crippen LogP contribution < -0.4 is 0 Å². The van der Waals surface area contributed by atoms with Gasteiger partial charge in [0.15, 0.2) is 0 Å². The first-order valence-corrected chi connectivity index (χ1v) is 7.23. The van der Waals surface area contributed by atoms with Crippen LogP contribution in [0.4, 0.5) is 0 Å². The highest BCUT2D eigenvalue weighted by molar-refractivity contribution is 6.30. The second kappa shape index (κ2) is 5.68. The number of benzene rings is 2. The fraction of sp³-hybridized carbons (Fsp3) is 0.235. The number of amides is 1. The number of hydrogen-bond acceptors (Lipinski definition) is 1. The predicted molar refractivity (Wildman–Crippen MR) is 81.2 cm³/mol. The molecule has 1 amide bonds. The fourth-order valence-electron chi connectivity index (χ4n) is 2.68. The average molecular weight is 286 g/mol. The Morgan fingerprint density at radius 3 is 2.20 bits per heavy atom. The van der Waals surface area contributed by atoms with E-state index >= 15 is 0 Å². The highest BCUT2D eigenvalue weighted by Crippen LogP contribution is 2.18. The number of hydrogen-bond donors (Lipinski definition) is 0. The van der Waals surface area contributed by atoms with Crippen molar-refractivity contribution in [1.29, 1.82) is 0 Å². The van der Waals surface area contributed by atoms with Crippen LogP contribution in [0.15, 0.2) is 48.5 Å². The van der Waals surface area contributed by atoms with Crippen LogP contribution in [0.1, 0.15) is 21.5 Å². The molecular weight excluding hydrogens is 270 g/mol. The molecule has 3 rings (SSSR count). The van der Waals surface area contributed by atoms with Gasteiger partial charge < -0.3 is 4.90 Å². The summed E-state index contributed by atoms with van der Waals surface area (Å²) in [5, 5.41) is 0.606. The lowest BCUT2D eigenvalue weighted by Crippen LogP contribution is -2.33. The van der Waals surface area contributed by atoms with E-state index in [1.54, 1.807) is 12.1 Å². The summed E-state index contributed by atoms with van der Waals surface area (Å²) in [6.45, 7) is 1.53. The van der Waals surface area contributed by atoms with Gasteiger partial charge in [0.1, 0.15) is 0 Å². The summed E-state index contributed by atoms with van der Waals surface area (Å²) < 4.78 is 0. The minimum absolute atomic E-state index is 0.0697. The van der Waals surface area contributed by atoms with Crippen LogP contribution in [-0.2, 0) is 12.8 Å². The van der Waals surface area contributed by atoms with E-state index in [9.17, 15) is 4.79 Å². The Balaban J connectivity index is 1.78. The van der Waals surface area contributed by atoms with E-state index < -0.39 is 0 Å². The van der Waals surface area contributed by atoms with Gasteiger partial charge in [-0.3, -0.25) is 4.79 Å².